The quantitative estimate of drug-likeness (QED) is 0.816. The molecule has 0 saturated carbocycles. The van der Waals surface area contributed by atoms with Crippen LogP contribution in [0.2, 0.25) is 5.02 Å². The predicted molar refractivity (Wildman–Crippen MR) is 59.6 cm³/mol. The summed E-state index contributed by atoms with van der Waals surface area (Å²) < 4.78 is 0. The smallest absolute Gasteiger partial charge is 0.255 e. The molecule has 1 aliphatic heterocycles. The lowest BCUT2D eigenvalue weighted by molar-refractivity contribution is 0.0362. The summed E-state index contributed by atoms with van der Waals surface area (Å²) in [5.74, 6) is -0.0161. The van der Waals surface area contributed by atoms with Crippen LogP contribution in [0.4, 0.5) is 0 Å². The predicted octanol–water partition coefficient (Wildman–Crippen LogP) is 1.11. The van der Waals surface area contributed by atoms with Crippen molar-refractivity contribution in [1.29, 1.82) is 0 Å². The molecule has 0 spiro atoms. The van der Waals surface area contributed by atoms with E-state index in [-0.39, 0.29) is 24.2 Å². The van der Waals surface area contributed by atoms with Gasteiger partial charge in [-0.2, -0.15) is 0 Å². The monoisotopic (exact) mass is 241 g/mol. The maximum atomic E-state index is 11.9. The Bertz CT molecular complexity index is 416. The average molecular weight is 242 g/mol. The van der Waals surface area contributed by atoms with Crippen LogP contribution in [0.1, 0.15) is 10.4 Å². The number of aliphatic hydroxyl groups excluding tert-OH is 1. The molecule has 1 aromatic carbocycles. The third-order valence-electron chi connectivity index (χ3n) is 2.68. The fourth-order valence-corrected chi connectivity index (χ4v) is 1.90. The summed E-state index contributed by atoms with van der Waals surface area (Å²) in [6.45, 7) is 1.18. The van der Waals surface area contributed by atoms with Crippen LogP contribution in [0.25, 0.3) is 0 Å². The van der Waals surface area contributed by atoms with Crippen molar-refractivity contribution >= 4 is 17.5 Å². The van der Waals surface area contributed by atoms with E-state index in [1.807, 2.05) is 0 Å². The molecule has 0 aliphatic carbocycles. The first-order valence-electron chi connectivity index (χ1n) is 5.00. The number of phenols is 1. The summed E-state index contributed by atoms with van der Waals surface area (Å²) in [5, 5.41) is 18.5. The molecule has 1 saturated heterocycles. The van der Waals surface area contributed by atoms with Gasteiger partial charge in [0.15, 0.2) is 0 Å². The van der Waals surface area contributed by atoms with Crippen LogP contribution in [0.5, 0.6) is 5.75 Å². The average Bonchev–Trinajstić information content (AvgIpc) is 2.20. The number of rotatable bonds is 2. The summed E-state index contributed by atoms with van der Waals surface area (Å²) >= 11 is 5.88. The molecule has 2 N–H and O–H groups in total. The van der Waals surface area contributed by atoms with E-state index in [0.717, 1.165) is 0 Å². The van der Waals surface area contributed by atoms with Gasteiger partial charge in [-0.25, -0.2) is 0 Å². The lowest BCUT2D eigenvalue weighted by atomic mass is 10.00. The summed E-state index contributed by atoms with van der Waals surface area (Å²) in [5.41, 5.74) is 0.304. The number of likely N-dealkylation sites (tertiary alicyclic amines) is 1. The fourth-order valence-electron chi connectivity index (χ4n) is 1.70. The lowest BCUT2D eigenvalue weighted by Gasteiger charge is -2.38. The molecular weight excluding hydrogens is 230 g/mol. The fraction of sp³-hybridized carbons (Fsp3) is 0.364. The van der Waals surface area contributed by atoms with Crippen LogP contribution < -0.4 is 0 Å². The van der Waals surface area contributed by atoms with E-state index in [2.05, 4.69) is 0 Å². The summed E-state index contributed by atoms with van der Waals surface area (Å²) in [4.78, 5) is 13.5. The lowest BCUT2D eigenvalue weighted by Crippen LogP contribution is -2.51. The Morgan fingerprint density at radius 2 is 2.19 bits per heavy atom. The molecule has 4 nitrogen and oxygen atoms in total. The van der Waals surface area contributed by atoms with Crippen molar-refractivity contribution in [3.05, 3.63) is 28.8 Å². The maximum absolute atomic E-state index is 11.9. The Morgan fingerprint density at radius 1 is 1.50 bits per heavy atom. The highest BCUT2D eigenvalue weighted by Crippen LogP contribution is 2.25. The van der Waals surface area contributed by atoms with Crippen LogP contribution >= 0.6 is 11.6 Å². The zero-order valence-electron chi connectivity index (χ0n) is 8.56. The molecule has 1 aliphatic rings. The van der Waals surface area contributed by atoms with E-state index < -0.39 is 0 Å². The second kappa shape index (κ2) is 4.31. The van der Waals surface area contributed by atoms with Crippen LogP contribution in [0.3, 0.4) is 0 Å². The molecule has 0 atom stereocenters. The SMILES string of the molecule is O=C(c1cc(O)ccc1Cl)N1CC(CO)C1. The number of benzene rings is 1. The Morgan fingerprint density at radius 3 is 2.81 bits per heavy atom. The highest BCUT2D eigenvalue weighted by atomic mass is 35.5. The van der Waals surface area contributed by atoms with Gasteiger partial charge in [0.1, 0.15) is 5.75 Å². The van der Waals surface area contributed by atoms with E-state index in [0.29, 0.717) is 23.7 Å². The molecule has 1 amide bonds. The van der Waals surface area contributed by atoms with Gasteiger partial charge in [-0.05, 0) is 18.2 Å². The number of aromatic hydroxyl groups is 1. The molecular formula is C11H12ClNO3. The first kappa shape index (κ1) is 11.2. The third-order valence-corrected chi connectivity index (χ3v) is 3.01. The van der Waals surface area contributed by atoms with Crippen molar-refractivity contribution in [2.45, 2.75) is 0 Å². The Kier molecular flexibility index (Phi) is 3.03. The molecule has 2 rings (SSSR count). The molecule has 0 radical (unpaired) electrons. The number of halogens is 1. The Balaban J connectivity index is 2.13. The standard InChI is InChI=1S/C11H12ClNO3/c12-10-2-1-8(15)3-9(10)11(16)13-4-7(5-13)6-14/h1-3,7,14-15H,4-6H2. The van der Waals surface area contributed by atoms with Crippen molar-refractivity contribution in [1.82, 2.24) is 4.90 Å². The number of nitrogens with zero attached hydrogens (tertiary/aromatic N) is 1. The van der Waals surface area contributed by atoms with Gasteiger partial charge in [0.2, 0.25) is 0 Å². The number of carbonyl (C=O) groups is 1. The highest BCUT2D eigenvalue weighted by Gasteiger charge is 2.31. The van der Waals surface area contributed by atoms with E-state index in [9.17, 15) is 9.90 Å². The molecule has 5 heteroatoms. The number of aliphatic hydroxyl groups is 1. The Hall–Kier alpha value is -1.26. The van der Waals surface area contributed by atoms with E-state index in [4.69, 9.17) is 16.7 Å². The second-order valence-corrected chi connectivity index (χ2v) is 4.33. The van der Waals surface area contributed by atoms with Gasteiger partial charge < -0.3 is 15.1 Å². The minimum absolute atomic E-state index is 0.0204. The maximum Gasteiger partial charge on any atom is 0.255 e. The number of phenolic OH excluding ortho intramolecular Hbond substituents is 1. The number of carbonyl (C=O) groups excluding carboxylic acids is 1. The minimum Gasteiger partial charge on any atom is -0.508 e. The Labute approximate surface area is 98.1 Å². The molecule has 0 aromatic heterocycles. The van der Waals surface area contributed by atoms with E-state index >= 15 is 0 Å². The minimum atomic E-state index is -0.203. The molecule has 0 unspecified atom stereocenters. The van der Waals surface area contributed by atoms with Crippen molar-refractivity contribution in [3.63, 3.8) is 0 Å². The van der Waals surface area contributed by atoms with E-state index in [1.54, 1.807) is 4.90 Å². The zero-order chi connectivity index (χ0) is 11.7. The van der Waals surface area contributed by atoms with Gasteiger partial charge in [0, 0.05) is 25.6 Å². The van der Waals surface area contributed by atoms with Gasteiger partial charge in [-0.15, -0.1) is 0 Å². The van der Waals surface area contributed by atoms with Crippen molar-refractivity contribution in [2.24, 2.45) is 5.92 Å². The number of hydrogen-bond acceptors (Lipinski definition) is 3. The summed E-state index contributed by atoms with van der Waals surface area (Å²) in [7, 11) is 0. The number of amides is 1. The molecule has 0 bridgehead atoms. The van der Waals surface area contributed by atoms with Crippen LogP contribution in [0.15, 0.2) is 18.2 Å². The summed E-state index contributed by atoms with van der Waals surface area (Å²) in [6, 6.07) is 4.29. The highest BCUT2D eigenvalue weighted by molar-refractivity contribution is 6.33. The largest absolute Gasteiger partial charge is 0.508 e. The normalized spacial score (nSPS) is 16.0. The second-order valence-electron chi connectivity index (χ2n) is 3.92. The molecule has 1 fully saturated rings. The zero-order valence-corrected chi connectivity index (χ0v) is 9.31. The molecule has 1 heterocycles. The molecule has 16 heavy (non-hydrogen) atoms. The van der Waals surface area contributed by atoms with Crippen LogP contribution in [-0.4, -0.2) is 40.7 Å². The van der Waals surface area contributed by atoms with Gasteiger partial charge in [-0.1, -0.05) is 11.6 Å². The topological polar surface area (TPSA) is 60.8 Å². The van der Waals surface area contributed by atoms with Gasteiger partial charge in [0.25, 0.3) is 5.91 Å². The van der Waals surface area contributed by atoms with Gasteiger partial charge >= 0.3 is 0 Å². The number of hydrogen-bond donors (Lipinski definition) is 2. The van der Waals surface area contributed by atoms with E-state index in [1.165, 1.54) is 18.2 Å². The van der Waals surface area contributed by atoms with Crippen molar-refractivity contribution in [2.75, 3.05) is 19.7 Å². The van der Waals surface area contributed by atoms with Crippen LogP contribution in [0, 0.1) is 5.92 Å². The molecule has 86 valence electrons. The van der Waals surface area contributed by atoms with Crippen molar-refractivity contribution < 1.29 is 15.0 Å². The van der Waals surface area contributed by atoms with Crippen LogP contribution in [-0.2, 0) is 0 Å². The third kappa shape index (κ3) is 1.99. The first-order chi connectivity index (χ1) is 7.61. The van der Waals surface area contributed by atoms with Gasteiger partial charge in [-0.3, -0.25) is 4.79 Å². The molecule has 1 aromatic rings. The summed E-state index contributed by atoms with van der Waals surface area (Å²) in [6.07, 6.45) is 0. The van der Waals surface area contributed by atoms with Crippen molar-refractivity contribution in [3.8, 4) is 5.75 Å². The first-order valence-corrected chi connectivity index (χ1v) is 5.38. The van der Waals surface area contributed by atoms with Gasteiger partial charge in [0.05, 0.1) is 10.6 Å².